The molecule has 0 aliphatic rings. The molecule has 8 heteroatoms. The standard InChI is InChI=1S/C15H9BrN2O4S/c16-12-3-7-14(8-4-12)23(21,22)15(10-17)9-11-1-5-13(6-2-11)18(19)20/h1-9H/b15-9+. The highest BCUT2D eigenvalue weighted by Crippen LogP contribution is 2.23. The summed E-state index contributed by atoms with van der Waals surface area (Å²) in [6, 6.07) is 12.8. The minimum atomic E-state index is -3.95. The van der Waals surface area contributed by atoms with Gasteiger partial charge in [0.15, 0.2) is 0 Å². The number of nitrogens with zero attached hydrogens (tertiary/aromatic N) is 2. The molecule has 116 valence electrons. The number of hydrogen-bond donors (Lipinski definition) is 0. The van der Waals surface area contributed by atoms with E-state index in [1.54, 1.807) is 18.2 Å². The first-order chi connectivity index (χ1) is 10.8. The van der Waals surface area contributed by atoms with Crippen LogP contribution in [-0.2, 0) is 9.84 Å². The van der Waals surface area contributed by atoms with Gasteiger partial charge in [-0.2, -0.15) is 5.26 Å². The summed E-state index contributed by atoms with van der Waals surface area (Å²) >= 11 is 3.21. The Hall–Kier alpha value is -2.50. The predicted octanol–water partition coefficient (Wildman–Crippen LogP) is 3.70. The fourth-order valence-electron chi connectivity index (χ4n) is 1.75. The van der Waals surface area contributed by atoms with Crippen molar-refractivity contribution in [2.75, 3.05) is 0 Å². The quantitative estimate of drug-likeness (QED) is 0.448. The van der Waals surface area contributed by atoms with E-state index in [1.165, 1.54) is 42.5 Å². The van der Waals surface area contributed by atoms with Crippen molar-refractivity contribution in [3.63, 3.8) is 0 Å². The highest BCUT2D eigenvalue weighted by molar-refractivity contribution is 9.10. The third-order valence-corrected chi connectivity index (χ3v) is 5.13. The Labute approximate surface area is 140 Å². The first-order valence-electron chi connectivity index (χ1n) is 6.21. The number of nitriles is 1. The summed E-state index contributed by atoms with van der Waals surface area (Å²) in [5.41, 5.74) is 0.268. The topological polar surface area (TPSA) is 101 Å². The van der Waals surface area contributed by atoms with E-state index in [4.69, 9.17) is 5.26 Å². The molecular formula is C15H9BrN2O4S. The van der Waals surface area contributed by atoms with Gasteiger partial charge >= 0.3 is 0 Å². The molecule has 0 saturated heterocycles. The molecule has 0 radical (unpaired) electrons. The molecule has 0 amide bonds. The van der Waals surface area contributed by atoms with Crippen LogP contribution in [-0.4, -0.2) is 13.3 Å². The zero-order chi connectivity index (χ0) is 17.0. The van der Waals surface area contributed by atoms with Crippen LogP contribution in [0.25, 0.3) is 6.08 Å². The van der Waals surface area contributed by atoms with Crippen LogP contribution >= 0.6 is 15.9 Å². The van der Waals surface area contributed by atoms with Crippen molar-refractivity contribution >= 4 is 37.5 Å². The van der Waals surface area contributed by atoms with E-state index < -0.39 is 19.7 Å². The fraction of sp³-hybridized carbons (Fsp3) is 0. The second-order valence-corrected chi connectivity index (χ2v) is 7.26. The van der Waals surface area contributed by atoms with Gasteiger partial charge in [0.25, 0.3) is 5.69 Å². The summed E-state index contributed by atoms with van der Waals surface area (Å²) in [4.78, 5) is 9.60. The molecule has 0 fully saturated rings. The molecule has 0 aliphatic carbocycles. The first kappa shape index (κ1) is 16.9. The average molecular weight is 393 g/mol. The maximum absolute atomic E-state index is 12.4. The smallest absolute Gasteiger partial charge is 0.258 e. The van der Waals surface area contributed by atoms with Crippen LogP contribution < -0.4 is 0 Å². The molecule has 6 nitrogen and oxygen atoms in total. The van der Waals surface area contributed by atoms with Gasteiger partial charge in [0.2, 0.25) is 9.84 Å². The maximum Gasteiger partial charge on any atom is 0.269 e. The van der Waals surface area contributed by atoms with Gasteiger partial charge in [-0.05, 0) is 48.0 Å². The van der Waals surface area contributed by atoms with Gasteiger partial charge < -0.3 is 0 Å². The van der Waals surface area contributed by atoms with Crippen LogP contribution in [0, 0.1) is 21.4 Å². The normalized spacial score (nSPS) is 11.7. The van der Waals surface area contributed by atoms with E-state index in [2.05, 4.69) is 15.9 Å². The van der Waals surface area contributed by atoms with Gasteiger partial charge in [0.05, 0.1) is 9.82 Å². The highest BCUT2D eigenvalue weighted by atomic mass is 79.9. The number of non-ortho nitro benzene ring substituents is 1. The molecule has 2 aromatic rings. The van der Waals surface area contributed by atoms with Crippen molar-refractivity contribution in [2.45, 2.75) is 4.90 Å². The van der Waals surface area contributed by atoms with Crippen molar-refractivity contribution in [1.82, 2.24) is 0 Å². The van der Waals surface area contributed by atoms with E-state index in [-0.39, 0.29) is 10.6 Å². The minimum Gasteiger partial charge on any atom is -0.258 e. The van der Waals surface area contributed by atoms with Crippen LogP contribution in [0.3, 0.4) is 0 Å². The van der Waals surface area contributed by atoms with Gasteiger partial charge in [0.1, 0.15) is 11.0 Å². The molecule has 2 rings (SSSR count). The van der Waals surface area contributed by atoms with Crippen molar-refractivity contribution in [3.8, 4) is 6.07 Å². The number of nitro benzene ring substituents is 1. The van der Waals surface area contributed by atoms with Crippen molar-refractivity contribution in [3.05, 3.63) is 73.6 Å². The maximum atomic E-state index is 12.4. The van der Waals surface area contributed by atoms with Crippen LogP contribution in [0.4, 0.5) is 5.69 Å². The predicted molar refractivity (Wildman–Crippen MR) is 88.0 cm³/mol. The van der Waals surface area contributed by atoms with Gasteiger partial charge in [-0.25, -0.2) is 8.42 Å². The van der Waals surface area contributed by atoms with Gasteiger partial charge in [0, 0.05) is 16.6 Å². The van der Waals surface area contributed by atoms with E-state index in [0.29, 0.717) is 10.0 Å². The molecular weight excluding hydrogens is 384 g/mol. The Kier molecular flexibility index (Phi) is 4.93. The Balaban J connectivity index is 2.44. The molecule has 2 aromatic carbocycles. The Morgan fingerprint density at radius 1 is 1.13 bits per heavy atom. The number of halogens is 1. The monoisotopic (exact) mass is 392 g/mol. The lowest BCUT2D eigenvalue weighted by molar-refractivity contribution is -0.384. The summed E-state index contributed by atoms with van der Waals surface area (Å²) in [5.74, 6) is 0. The Morgan fingerprint density at radius 2 is 1.70 bits per heavy atom. The first-order valence-corrected chi connectivity index (χ1v) is 8.49. The number of benzene rings is 2. The average Bonchev–Trinajstić information content (AvgIpc) is 2.53. The van der Waals surface area contributed by atoms with Gasteiger partial charge in [-0.1, -0.05) is 15.9 Å². The summed E-state index contributed by atoms with van der Waals surface area (Å²) < 4.78 is 25.6. The number of allylic oxidation sites excluding steroid dienone is 1. The van der Waals surface area contributed by atoms with E-state index in [0.717, 1.165) is 0 Å². The van der Waals surface area contributed by atoms with Crippen LogP contribution in [0.2, 0.25) is 0 Å². The van der Waals surface area contributed by atoms with E-state index in [9.17, 15) is 18.5 Å². The summed E-state index contributed by atoms with van der Waals surface area (Å²) in [6.45, 7) is 0. The van der Waals surface area contributed by atoms with Crippen LogP contribution in [0.5, 0.6) is 0 Å². The third-order valence-electron chi connectivity index (χ3n) is 2.93. The van der Waals surface area contributed by atoms with E-state index >= 15 is 0 Å². The molecule has 0 atom stereocenters. The van der Waals surface area contributed by atoms with E-state index in [1.807, 2.05) is 0 Å². The number of sulfone groups is 1. The molecule has 0 N–H and O–H groups in total. The molecule has 23 heavy (non-hydrogen) atoms. The van der Waals surface area contributed by atoms with Gasteiger partial charge in [-0.15, -0.1) is 0 Å². The fourth-order valence-corrected chi connectivity index (χ4v) is 3.18. The zero-order valence-electron chi connectivity index (χ0n) is 11.5. The van der Waals surface area contributed by atoms with Crippen LogP contribution in [0.1, 0.15) is 5.56 Å². The molecule has 0 aromatic heterocycles. The number of rotatable bonds is 4. The zero-order valence-corrected chi connectivity index (χ0v) is 13.9. The molecule has 0 aliphatic heterocycles. The SMILES string of the molecule is N#C/C(=C\c1ccc([N+](=O)[O-])cc1)S(=O)(=O)c1ccc(Br)cc1. The van der Waals surface area contributed by atoms with Crippen molar-refractivity contribution in [1.29, 1.82) is 5.26 Å². The molecule has 0 spiro atoms. The van der Waals surface area contributed by atoms with Gasteiger partial charge in [-0.3, -0.25) is 10.1 Å². The minimum absolute atomic E-state index is 0.00425. The second-order valence-electron chi connectivity index (χ2n) is 4.43. The summed E-state index contributed by atoms with van der Waals surface area (Å²) in [6.07, 6.45) is 1.18. The lowest BCUT2D eigenvalue weighted by atomic mass is 10.2. The molecule has 0 heterocycles. The number of nitro groups is 1. The largest absolute Gasteiger partial charge is 0.269 e. The molecule has 0 saturated carbocycles. The Bertz CT molecular complexity index is 911. The highest BCUT2D eigenvalue weighted by Gasteiger charge is 2.20. The third kappa shape index (κ3) is 3.83. The molecule has 0 bridgehead atoms. The lowest BCUT2D eigenvalue weighted by Gasteiger charge is -2.03. The second kappa shape index (κ2) is 6.73. The number of hydrogen-bond acceptors (Lipinski definition) is 5. The Morgan fingerprint density at radius 3 is 2.17 bits per heavy atom. The molecule has 0 unspecified atom stereocenters. The van der Waals surface area contributed by atoms with Crippen molar-refractivity contribution in [2.24, 2.45) is 0 Å². The lowest BCUT2D eigenvalue weighted by Crippen LogP contribution is -2.03. The van der Waals surface area contributed by atoms with Crippen LogP contribution in [0.15, 0.2) is 62.8 Å². The summed E-state index contributed by atoms with van der Waals surface area (Å²) in [7, 11) is -3.95. The summed E-state index contributed by atoms with van der Waals surface area (Å²) in [5, 5.41) is 19.8. The van der Waals surface area contributed by atoms with Crippen molar-refractivity contribution < 1.29 is 13.3 Å².